The summed E-state index contributed by atoms with van der Waals surface area (Å²) in [6, 6.07) is 25.4. The Bertz CT molecular complexity index is 846. The molecule has 0 aliphatic carbocycles. The maximum absolute atomic E-state index is 12.3. The molecular formula is C23H23NO2S. The van der Waals surface area contributed by atoms with E-state index in [0.29, 0.717) is 12.2 Å². The quantitative estimate of drug-likeness (QED) is 0.406. The Labute approximate surface area is 164 Å². The van der Waals surface area contributed by atoms with Gasteiger partial charge in [0.15, 0.2) is 0 Å². The third kappa shape index (κ3) is 5.90. The van der Waals surface area contributed by atoms with Crippen molar-refractivity contribution in [1.29, 1.82) is 0 Å². The number of thioether (sulfide) groups is 1. The zero-order chi connectivity index (χ0) is 18.9. The molecule has 0 saturated heterocycles. The van der Waals surface area contributed by atoms with Gasteiger partial charge in [-0.2, -0.15) is 0 Å². The third-order valence-electron chi connectivity index (χ3n) is 4.10. The fraction of sp³-hybridized carbons (Fsp3) is 0.174. The maximum atomic E-state index is 12.3. The van der Waals surface area contributed by atoms with E-state index < -0.39 is 0 Å². The minimum atomic E-state index is -0.120. The molecule has 1 amide bonds. The van der Waals surface area contributed by atoms with Crippen molar-refractivity contribution in [2.45, 2.75) is 18.2 Å². The Balaban J connectivity index is 1.46. The number of aryl methyl sites for hydroxylation is 1. The van der Waals surface area contributed by atoms with Gasteiger partial charge in [-0.1, -0.05) is 37.3 Å². The van der Waals surface area contributed by atoms with E-state index >= 15 is 0 Å². The van der Waals surface area contributed by atoms with Crippen LogP contribution in [0.2, 0.25) is 0 Å². The number of ether oxygens (including phenoxy) is 1. The summed E-state index contributed by atoms with van der Waals surface area (Å²) in [5.41, 5.74) is 2.66. The highest BCUT2D eigenvalue weighted by Crippen LogP contribution is 2.18. The molecule has 1 N–H and O–H groups in total. The van der Waals surface area contributed by atoms with E-state index in [-0.39, 0.29) is 5.91 Å². The molecule has 0 atom stereocenters. The largest absolute Gasteiger partial charge is 0.493 e. The molecule has 3 rings (SSSR count). The SMILES string of the molecule is CCc1ccc(NC(=O)c2ccc(OCCSc3ccccc3)cc2)cc1. The van der Waals surface area contributed by atoms with Crippen LogP contribution in [0.3, 0.4) is 0 Å². The minimum Gasteiger partial charge on any atom is -0.493 e. The number of amides is 1. The number of nitrogens with one attached hydrogen (secondary N) is 1. The van der Waals surface area contributed by atoms with Crippen molar-refractivity contribution in [2.75, 3.05) is 17.7 Å². The van der Waals surface area contributed by atoms with E-state index in [1.165, 1.54) is 10.5 Å². The molecule has 0 aliphatic heterocycles. The van der Waals surface area contributed by atoms with Gasteiger partial charge in [-0.25, -0.2) is 0 Å². The van der Waals surface area contributed by atoms with Gasteiger partial charge in [0.25, 0.3) is 5.91 Å². The topological polar surface area (TPSA) is 38.3 Å². The van der Waals surface area contributed by atoms with Gasteiger partial charge in [0.1, 0.15) is 5.75 Å². The summed E-state index contributed by atoms with van der Waals surface area (Å²) in [4.78, 5) is 13.6. The Kier molecular flexibility index (Phi) is 6.94. The fourth-order valence-corrected chi connectivity index (χ4v) is 3.32. The van der Waals surface area contributed by atoms with Crippen molar-refractivity contribution in [3.8, 4) is 5.75 Å². The highest BCUT2D eigenvalue weighted by molar-refractivity contribution is 7.99. The summed E-state index contributed by atoms with van der Waals surface area (Å²) >= 11 is 1.76. The molecular weight excluding hydrogens is 354 g/mol. The molecule has 4 heteroatoms. The highest BCUT2D eigenvalue weighted by Gasteiger charge is 2.06. The Hall–Kier alpha value is -2.72. The number of carbonyl (C=O) groups is 1. The molecule has 0 heterocycles. The molecule has 3 aromatic carbocycles. The van der Waals surface area contributed by atoms with Crippen molar-refractivity contribution in [1.82, 2.24) is 0 Å². The van der Waals surface area contributed by atoms with Crippen LogP contribution < -0.4 is 10.1 Å². The second-order valence-corrected chi connectivity index (χ2v) is 7.21. The first-order chi connectivity index (χ1) is 13.2. The van der Waals surface area contributed by atoms with Crippen LogP contribution in [0.25, 0.3) is 0 Å². The summed E-state index contributed by atoms with van der Waals surface area (Å²) in [6.45, 7) is 2.73. The first-order valence-electron chi connectivity index (χ1n) is 9.05. The molecule has 0 spiro atoms. The van der Waals surface area contributed by atoms with E-state index in [2.05, 4.69) is 24.4 Å². The van der Waals surface area contributed by atoms with Crippen molar-refractivity contribution in [3.05, 3.63) is 90.0 Å². The van der Waals surface area contributed by atoms with E-state index in [4.69, 9.17) is 4.74 Å². The predicted octanol–water partition coefficient (Wildman–Crippen LogP) is 5.67. The summed E-state index contributed by atoms with van der Waals surface area (Å²) < 4.78 is 5.75. The third-order valence-corrected chi connectivity index (χ3v) is 5.08. The average Bonchev–Trinajstić information content (AvgIpc) is 2.73. The highest BCUT2D eigenvalue weighted by atomic mass is 32.2. The van der Waals surface area contributed by atoms with Crippen LogP contribution in [0, 0.1) is 0 Å². The number of benzene rings is 3. The van der Waals surface area contributed by atoms with Gasteiger partial charge >= 0.3 is 0 Å². The second-order valence-electron chi connectivity index (χ2n) is 6.04. The Morgan fingerprint density at radius 1 is 0.926 bits per heavy atom. The number of carbonyl (C=O) groups excluding carboxylic acids is 1. The molecule has 0 fully saturated rings. The van der Waals surface area contributed by atoms with Gasteiger partial charge in [-0.05, 0) is 60.5 Å². The summed E-state index contributed by atoms with van der Waals surface area (Å²) in [6.07, 6.45) is 0.986. The standard InChI is InChI=1S/C23H23NO2S/c1-2-18-8-12-20(13-9-18)24-23(25)19-10-14-21(15-11-19)26-16-17-27-22-6-4-3-5-7-22/h3-15H,2,16-17H2,1H3,(H,24,25). The van der Waals surface area contributed by atoms with Crippen molar-refractivity contribution >= 4 is 23.4 Å². The molecule has 0 bridgehead atoms. The Morgan fingerprint density at radius 3 is 2.30 bits per heavy atom. The lowest BCUT2D eigenvalue weighted by molar-refractivity contribution is 0.102. The second kappa shape index (κ2) is 9.83. The Morgan fingerprint density at radius 2 is 1.63 bits per heavy atom. The van der Waals surface area contributed by atoms with Crippen LogP contribution in [0.5, 0.6) is 5.75 Å². The van der Waals surface area contributed by atoms with Gasteiger partial charge in [0.2, 0.25) is 0 Å². The van der Waals surface area contributed by atoms with E-state index in [1.54, 1.807) is 23.9 Å². The number of rotatable bonds is 8. The van der Waals surface area contributed by atoms with Gasteiger partial charge in [0, 0.05) is 21.9 Å². The van der Waals surface area contributed by atoms with Crippen LogP contribution in [0.15, 0.2) is 83.8 Å². The van der Waals surface area contributed by atoms with E-state index in [9.17, 15) is 4.79 Å². The number of anilines is 1. The average molecular weight is 378 g/mol. The molecule has 3 aromatic rings. The molecule has 0 unspecified atom stereocenters. The lowest BCUT2D eigenvalue weighted by atomic mass is 10.1. The molecule has 0 radical (unpaired) electrons. The molecule has 27 heavy (non-hydrogen) atoms. The smallest absolute Gasteiger partial charge is 0.255 e. The van der Waals surface area contributed by atoms with Gasteiger partial charge in [-0.15, -0.1) is 11.8 Å². The van der Waals surface area contributed by atoms with E-state index in [0.717, 1.165) is 23.6 Å². The zero-order valence-corrected chi connectivity index (χ0v) is 16.2. The molecule has 138 valence electrons. The maximum Gasteiger partial charge on any atom is 0.255 e. The monoisotopic (exact) mass is 377 g/mol. The van der Waals surface area contributed by atoms with Crippen molar-refractivity contribution in [3.63, 3.8) is 0 Å². The lowest BCUT2D eigenvalue weighted by Crippen LogP contribution is -2.11. The van der Waals surface area contributed by atoms with Crippen LogP contribution >= 0.6 is 11.8 Å². The summed E-state index contributed by atoms with van der Waals surface area (Å²) in [5.74, 6) is 1.53. The first-order valence-corrected chi connectivity index (χ1v) is 10.0. The number of hydrogen-bond donors (Lipinski definition) is 1. The zero-order valence-electron chi connectivity index (χ0n) is 15.4. The van der Waals surface area contributed by atoms with Crippen LogP contribution in [-0.2, 0) is 6.42 Å². The fourth-order valence-electron chi connectivity index (χ4n) is 2.57. The molecule has 0 saturated carbocycles. The molecule has 0 aromatic heterocycles. The molecule has 3 nitrogen and oxygen atoms in total. The summed E-state index contributed by atoms with van der Waals surface area (Å²) in [5, 5.41) is 2.92. The van der Waals surface area contributed by atoms with Crippen LogP contribution in [0.1, 0.15) is 22.8 Å². The van der Waals surface area contributed by atoms with Crippen molar-refractivity contribution < 1.29 is 9.53 Å². The normalized spacial score (nSPS) is 10.4. The van der Waals surface area contributed by atoms with Gasteiger partial charge in [-0.3, -0.25) is 4.79 Å². The van der Waals surface area contributed by atoms with Gasteiger partial charge in [0.05, 0.1) is 6.61 Å². The lowest BCUT2D eigenvalue weighted by Gasteiger charge is -2.08. The first kappa shape index (κ1) is 19.1. The van der Waals surface area contributed by atoms with E-state index in [1.807, 2.05) is 54.6 Å². The predicted molar refractivity (Wildman–Crippen MR) is 113 cm³/mol. The summed E-state index contributed by atoms with van der Waals surface area (Å²) in [7, 11) is 0. The minimum absolute atomic E-state index is 0.120. The van der Waals surface area contributed by atoms with Crippen molar-refractivity contribution in [2.24, 2.45) is 0 Å². The van der Waals surface area contributed by atoms with Crippen LogP contribution in [-0.4, -0.2) is 18.3 Å². The molecule has 0 aliphatic rings. The number of hydrogen-bond acceptors (Lipinski definition) is 3. The van der Waals surface area contributed by atoms with Gasteiger partial charge < -0.3 is 10.1 Å². The van der Waals surface area contributed by atoms with Crippen LogP contribution in [0.4, 0.5) is 5.69 Å².